The van der Waals surface area contributed by atoms with E-state index in [4.69, 9.17) is 29.7 Å². The highest BCUT2D eigenvalue weighted by atomic mass is 17.3. The Hall–Kier alpha value is -5.76. The normalized spacial score (nSPS) is 35.5. The van der Waals surface area contributed by atoms with Gasteiger partial charge < -0.3 is 25.3 Å². The summed E-state index contributed by atoms with van der Waals surface area (Å²) in [5.41, 5.74) is 19.1. The molecule has 12 heteroatoms. The van der Waals surface area contributed by atoms with Crippen LogP contribution < -0.4 is 16.5 Å². The summed E-state index contributed by atoms with van der Waals surface area (Å²) in [6.45, 7) is 6.75. The van der Waals surface area contributed by atoms with Crippen molar-refractivity contribution in [3.8, 4) is 0 Å². The van der Waals surface area contributed by atoms with E-state index >= 15 is 0 Å². The smallest absolute Gasteiger partial charge is 0.271 e. The molecule has 4 aromatic carbocycles. The number of rotatable bonds is 15. The molecular formula is C73H90N4O8. The summed E-state index contributed by atoms with van der Waals surface area (Å²) in [5.74, 6) is 3.98. The SMILES string of the molecule is C[C@H]1C(OCc2ccc(C(=O)N/N=C/c3ccc(C(=O)NC4CCC(c5ccc(C6CCC(C7CCC(c8ccc(C9=CC(C%10CCC(C(N)=O)CC%10)=CC9)cc8)CC7)CC6)cc5)CC4)cc3)cc2)OC2O[C@@]3(C)CCC4[C@H](C)CCC1[C@@]24OO3. The predicted molar refractivity (Wildman–Crippen MR) is 330 cm³/mol. The van der Waals surface area contributed by atoms with Crippen molar-refractivity contribution in [3.63, 3.8) is 0 Å². The molecule has 0 aromatic heterocycles. The van der Waals surface area contributed by atoms with Crippen molar-refractivity contribution in [1.82, 2.24) is 10.7 Å². The molecule has 4 heterocycles. The Morgan fingerprint density at radius 1 is 0.635 bits per heavy atom. The van der Waals surface area contributed by atoms with Gasteiger partial charge in [-0.1, -0.05) is 98.8 Å². The minimum absolute atomic E-state index is 0.0584. The highest BCUT2D eigenvalue weighted by molar-refractivity contribution is 5.96. The fraction of sp³-hybridized carbons (Fsp3) is 0.562. The van der Waals surface area contributed by atoms with E-state index < -0.39 is 24.0 Å². The second-order valence-electron chi connectivity index (χ2n) is 27.7. The molecule has 2 bridgehead atoms. The molecule has 4 aromatic rings. The van der Waals surface area contributed by atoms with Gasteiger partial charge in [0.2, 0.25) is 11.7 Å². The Bertz CT molecular complexity index is 3090. The number of hydrazone groups is 1. The first-order chi connectivity index (χ1) is 41.3. The van der Waals surface area contributed by atoms with Crippen LogP contribution in [0.25, 0.3) is 5.57 Å². The van der Waals surface area contributed by atoms with Crippen LogP contribution in [0.2, 0.25) is 0 Å². The second kappa shape index (κ2) is 25.1. The number of nitrogens with one attached hydrogen (secondary N) is 2. The zero-order chi connectivity index (χ0) is 58.2. The summed E-state index contributed by atoms with van der Waals surface area (Å²) in [5, 5.41) is 7.51. The lowest BCUT2D eigenvalue weighted by Gasteiger charge is -2.60. The van der Waals surface area contributed by atoms with Crippen LogP contribution in [0.4, 0.5) is 0 Å². The van der Waals surface area contributed by atoms with Gasteiger partial charge in [-0.3, -0.25) is 14.4 Å². The Morgan fingerprint density at radius 2 is 1.21 bits per heavy atom. The lowest BCUT2D eigenvalue weighted by molar-refractivity contribution is -0.577. The number of allylic oxidation sites excluding steroid dienone is 4. The van der Waals surface area contributed by atoms with Gasteiger partial charge in [-0.15, -0.1) is 0 Å². The first kappa shape index (κ1) is 58.3. The Kier molecular flexibility index (Phi) is 17.2. The number of nitrogens with two attached hydrogens (primary N) is 1. The molecule has 4 N–H and O–H groups in total. The van der Waals surface area contributed by atoms with E-state index in [0.29, 0.717) is 53.2 Å². The quantitative estimate of drug-likeness (QED) is 0.0603. The van der Waals surface area contributed by atoms with Gasteiger partial charge in [-0.2, -0.15) is 5.10 Å². The van der Waals surface area contributed by atoms with Crippen molar-refractivity contribution in [1.29, 1.82) is 0 Å². The average Bonchev–Trinajstić information content (AvgIpc) is 1.80. The van der Waals surface area contributed by atoms with Gasteiger partial charge in [0.25, 0.3) is 11.8 Å². The van der Waals surface area contributed by atoms with Crippen LogP contribution in [-0.2, 0) is 35.4 Å². The molecule has 14 rings (SSSR count). The van der Waals surface area contributed by atoms with Gasteiger partial charge in [0.15, 0.2) is 18.2 Å². The Morgan fingerprint density at radius 3 is 1.84 bits per heavy atom. The van der Waals surface area contributed by atoms with Gasteiger partial charge in [0, 0.05) is 41.3 Å². The van der Waals surface area contributed by atoms with Crippen molar-refractivity contribution in [2.24, 2.45) is 58.2 Å². The fourth-order valence-electron chi connectivity index (χ4n) is 17.4. The number of ether oxygens (including phenoxy) is 3. The maximum atomic E-state index is 13.4. The summed E-state index contributed by atoms with van der Waals surface area (Å²) in [7, 11) is 0. The van der Waals surface area contributed by atoms with Crippen molar-refractivity contribution in [2.45, 2.75) is 210 Å². The summed E-state index contributed by atoms with van der Waals surface area (Å²) in [4.78, 5) is 50.3. The van der Waals surface area contributed by atoms with E-state index in [1.54, 1.807) is 18.3 Å². The molecule has 9 fully saturated rings. The maximum absolute atomic E-state index is 13.4. The fourth-order valence-corrected chi connectivity index (χ4v) is 17.4. The molecule has 0 radical (unpaired) electrons. The van der Waals surface area contributed by atoms with Gasteiger partial charge in [0.05, 0.1) is 12.8 Å². The monoisotopic (exact) mass is 1150 g/mol. The molecule has 6 aliphatic carbocycles. The molecule has 85 heavy (non-hydrogen) atoms. The Balaban J connectivity index is 0.501. The second-order valence-corrected chi connectivity index (χ2v) is 27.7. The summed E-state index contributed by atoms with van der Waals surface area (Å²) < 4.78 is 19.5. The van der Waals surface area contributed by atoms with Crippen LogP contribution in [0.1, 0.15) is 227 Å². The third-order valence-electron chi connectivity index (χ3n) is 22.7. The summed E-state index contributed by atoms with van der Waals surface area (Å²) in [6.07, 6.45) is 29.1. The largest absolute Gasteiger partial charge is 0.369 e. The maximum Gasteiger partial charge on any atom is 0.271 e. The first-order valence-corrected chi connectivity index (χ1v) is 32.9. The minimum atomic E-state index is -0.835. The number of carbonyl (C=O) groups excluding carboxylic acids is 3. The van der Waals surface area contributed by atoms with Crippen molar-refractivity contribution < 1.29 is 38.4 Å². The number of hydrogen-bond acceptors (Lipinski definition) is 9. The lowest BCUT2D eigenvalue weighted by Crippen LogP contribution is -2.70. The molecule has 12 nitrogen and oxygen atoms in total. The molecule has 4 unspecified atom stereocenters. The van der Waals surface area contributed by atoms with Crippen molar-refractivity contribution in [3.05, 3.63) is 159 Å². The van der Waals surface area contributed by atoms with Crippen LogP contribution in [0.15, 0.2) is 120 Å². The number of benzene rings is 4. The molecule has 1 spiro atoms. The molecule has 5 saturated carbocycles. The van der Waals surface area contributed by atoms with Crippen LogP contribution in [0, 0.1) is 47.3 Å². The topological polar surface area (TPSA) is 160 Å². The molecule has 8 atom stereocenters. The third kappa shape index (κ3) is 12.4. The number of fused-ring (bicyclic) bond motifs is 2. The molecule has 450 valence electrons. The third-order valence-corrected chi connectivity index (χ3v) is 22.7. The van der Waals surface area contributed by atoms with E-state index in [1.165, 1.54) is 84.8 Å². The number of nitrogens with zero attached hydrogens (tertiary/aromatic N) is 1. The summed E-state index contributed by atoms with van der Waals surface area (Å²) >= 11 is 0. The highest BCUT2D eigenvalue weighted by Gasteiger charge is 2.69. The number of hydrogen-bond donors (Lipinski definition) is 3. The van der Waals surface area contributed by atoms with E-state index in [9.17, 15) is 14.4 Å². The first-order valence-electron chi connectivity index (χ1n) is 32.9. The molecule has 10 aliphatic rings. The predicted octanol–water partition coefficient (Wildman–Crippen LogP) is 14.9. The van der Waals surface area contributed by atoms with Crippen molar-refractivity contribution in [2.75, 3.05) is 0 Å². The van der Waals surface area contributed by atoms with Gasteiger partial charge in [-0.25, -0.2) is 15.2 Å². The zero-order valence-electron chi connectivity index (χ0n) is 50.4. The molecular weight excluding hydrogens is 1060 g/mol. The minimum Gasteiger partial charge on any atom is -0.369 e. The standard InChI is InChI=1S/C73H90N4O8/c1-45-4-39-66-46(2)70(82-71-73(66)65(45)40-41-72(3,83-71)84-85-73)81-44-48-7-11-61(12-8-48)69(80)77-75-43-47-5-9-60(10-6-47)68(79)76-64-37-35-56(36-38-64)55-23-21-52(22-24-55)51-15-13-49(14-16-51)50-17-19-53(20-18-50)54-25-27-57(28-26-54)62-33-34-63(42-62)58-29-31-59(32-30-58)67(74)78/h5-12,21-28,34,42-43,45-46,49-51,53,56,58-59,64-66,70-71H,4,13-20,29-33,35-41,44H2,1-3H3,(H2,74,78)(H,76,79)(H,77,80)/b75-43+/t45-,46-,49?,50?,51?,53?,56?,58?,59?,64?,65?,66?,70?,71?,72-,73-/m1/s1. The van der Waals surface area contributed by atoms with Gasteiger partial charge in [-0.05, 0) is 251 Å². The van der Waals surface area contributed by atoms with E-state index in [-0.39, 0.29) is 41.5 Å². The van der Waals surface area contributed by atoms with Crippen LogP contribution in [0.3, 0.4) is 0 Å². The zero-order valence-corrected chi connectivity index (χ0v) is 50.4. The molecule has 4 saturated heterocycles. The lowest BCUT2D eigenvalue weighted by atomic mass is 9.58. The van der Waals surface area contributed by atoms with Crippen LogP contribution >= 0.6 is 0 Å². The van der Waals surface area contributed by atoms with Gasteiger partial charge in [0.1, 0.15) is 0 Å². The Labute approximate surface area is 503 Å². The van der Waals surface area contributed by atoms with E-state index in [1.807, 2.05) is 43.3 Å². The van der Waals surface area contributed by atoms with Crippen molar-refractivity contribution >= 4 is 29.5 Å². The summed E-state index contributed by atoms with van der Waals surface area (Å²) in [6, 6.07) is 34.0. The number of amides is 3. The highest BCUT2D eigenvalue weighted by Crippen LogP contribution is 2.61. The van der Waals surface area contributed by atoms with E-state index in [2.05, 4.69) is 90.4 Å². The number of carbonyl (C=O) groups is 3. The molecule has 4 aliphatic heterocycles. The average molecular weight is 1150 g/mol. The number of primary amides is 1. The van der Waals surface area contributed by atoms with E-state index in [0.717, 1.165) is 106 Å². The van der Waals surface area contributed by atoms with Crippen LogP contribution in [0.5, 0.6) is 0 Å². The van der Waals surface area contributed by atoms with Crippen LogP contribution in [-0.4, -0.2) is 53.9 Å². The molecule has 3 amide bonds. The van der Waals surface area contributed by atoms with Gasteiger partial charge >= 0.3 is 0 Å².